The molecule has 1 aromatic heterocycles. The van der Waals surface area contributed by atoms with Gasteiger partial charge < -0.3 is 10.1 Å². The van der Waals surface area contributed by atoms with Crippen LogP contribution in [-0.4, -0.2) is 11.3 Å². The van der Waals surface area contributed by atoms with E-state index in [9.17, 15) is 13.2 Å². The lowest BCUT2D eigenvalue weighted by molar-refractivity contribution is -0.274. The fourth-order valence-electron chi connectivity index (χ4n) is 1.61. The lowest BCUT2D eigenvalue weighted by atomic mass is 10.2. The predicted octanol–water partition coefficient (Wildman–Crippen LogP) is 3.64. The molecule has 1 aromatic carbocycles. The summed E-state index contributed by atoms with van der Waals surface area (Å²) in [6, 6.07) is 5.80. The molecule has 7 heteroatoms. The van der Waals surface area contributed by atoms with Crippen molar-refractivity contribution >= 4 is 11.3 Å². The third kappa shape index (κ3) is 4.82. The van der Waals surface area contributed by atoms with Crippen LogP contribution >= 0.6 is 11.3 Å². The molecule has 0 atom stereocenters. The van der Waals surface area contributed by atoms with Crippen LogP contribution in [-0.2, 0) is 13.1 Å². The lowest BCUT2D eigenvalue weighted by Crippen LogP contribution is -2.17. The van der Waals surface area contributed by atoms with E-state index in [-0.39, 0.29) is 5.75 Å². The van der Waals surface area contributed by atoms with Gasteiger partial charge in [0.05, 0.1) is 0 Å². The number of aromatic nitrogens is 1. The number of nitrogens with one attached hydrogen (secondary N) is 1. The maximum absolute atomic E-state index is 12.0. The minimum absolute atomic E-state index is 0.211. The molecule has 0 amide bonds. The Kier molecular flexibility index (Phi) is 4.61. The summed E-state index contributed by atoms with van der Waals surface area (Å²) in [5.74, 6) is -0.211. The van der Waals surface area contributed by atoms with Gasteiger partial charge in [-0.05, 0) is 24.6 Å². The number of alkyl halides is 3. The van der Waals surface area contributed by atoms with Crippen LogP contribution in [0.1, 0.15) is 15.4 Å². The van der Waals surface area contributed by atoms with Crippen LogP contribution < -0.4 is 10.1 Å². The van der Waals surface area contributed by atoms with Crippen LogP contribution in [0.25, 0.3) is 0 Å². The average Bonchev–Trinajstić information content (AvgIpc) is 2.75. The number of nitrogens with zero attached hydrogens (tertiary/aromatic N) is 1. The summed E-state index contributed by atoms with van der Waals surface area (Å²) in [6.45, 7) is 3.19. The molecule has 3 nitrogen and oxygen atoms in total. The van der Waals surface area contributed by atoms with Crippen molar-refractivity contribution in [3.8, 4) is 5.75 Å². The molecular weight excluding hydrogens is 289 g/mol. The van der Waals surface area contributed by atoms with Crippen molar-refractivity contribution in [2.24, 2.45) is 0 Å². The summed E-state index contributed by atoms with van der Waals surface area (Å²) in [5.41, 5.74) is 0.882. The maximum atomic E-state index is 12.0. The third-order valence-corrected chi connectivity index (χ3v) is 3.34. The van der Waals surface area contributed by atoms with E-state index < -0.39 is 6.36 Å². The second-order valence-corrected chi connectivity index (χ2v) is 5.48. The Labute approximate surface area is 118 Å². The minimum Gasteiger partial charge on any atom is -0.406 e. The number of hydrogen-bond acceptors (Lipinski definition) is 4. The molecule has 2 aromatic rings. The Balaban J connectivity index is 1.82. The molecule has 0 radical (unpaired) electrons. The van der Waals surface area contributed by atoms with Gasteiger partial charge in [-0.25, -0.2) is 4.98 Å². The second-order valence-electron chi connectivity index (χ2n) is 4.16. The fraction of sp³-hybridized carbons (Fsp3) is 0.308. The van der Waals surface area contributed by atoms with E-state index in [1.165, 1.54) is 12.1 Å². The molecule has 0 spiro atoms. The summed E-state index contributed by atoms with van der Waals surface area (Å²) in [4.78, 5) is 5.36. The van der Waals surface area contributed by atoms with Crippen LogP contribution in [0.3, 0.4) is 0 Å². The van der Waals surface area contributed by atoms with Gasteiger partial charge in [0.2, 0.25) is 0 Å². The van der Waals surface area contributed by atoms with Crippen LogP contribution in [0.5, 0.6) is 5.75 Å². The largest absolute Gasteiger partial charge is 0.573 e. The Hall–Kier alpha value is -1.60. The summed E-state index contributed by atoms with van der Waals surface area (Å²) in [7, 11) is 0. The van der Waals surface area contributed by atoms with E-state index in [0.29, 0.717) is 13.1 Å². The van der Waals surface area contributed by atoms with Crippen molar-refractivity contribution in [3.05, 3.63) is 45.9 Å². The van der Waals surface area contributed by atoms with E-state index in [1.807, 2.05) is 13.1 Å². The summed E-state index contributed by atoms with van der Waals surface area (Å²) in [6.07, 6.45) is -2.84. The number of halogens is 3. The molecule has 20 heavy (non-hydrogen) atoms. The first-order valence-electron chi connectivity index (χ1n) is 5.89. The molecule has 108 valence electrons. The van der Waals surface area contributed by atoms with Crippen molar-refractivity contribution in [1.29, 1.82) is 0 Å². The molecule has 1 N–H and O–H groups in total. The quantitative estimate of drug-likeness (QED) is 0.915. The number of ether oxygens (including phenoxy) is 1. The van der Waals surface area contributed by atoms with Crippen molar-refractivity contribution in [3.63, 3.8) is 0 Å². The van der Waals surface area contributed by atoms with Crippen LogP contribution in [0, 0.1) is 6.92 Å². The first kappa shape index (κ1) is 14.8. The van der Waals surface area contributed by atoms with Crippen LogP contribution in [0.2, 0.25) is 0 Å². The number of thiazole rings is 1. The minimum atomic E-state index is -4.65. The molecule has 0 aliphatic heterocycles. The van der Waals surface area contributed by atoms with Gasteiger partial charge in [0.15, 0.2) is 0 Å². The average molecular weight is 302 g/mol. The maximum Gasteiger partial charge on any atom is 0.573 e. The zero-order valence-electron chi connectivity index (χ0n) is 10.7. The SMILES string of the molecule is Cc1cnc(CNCc2ccc(OC(F)(F)F)cc2)s1. The monoisotopic (exact) mass is 302 g/mol. The fourth-order valence-corrected chi connectivity index (χ4v) is 2.36. The Morgan fingerprint density at radius 1 is 1.20 bits per heavy atom. The van der Waals surface area contributed by atoms with E-state index in [2.05, 4.69) is 15.0 Å². The number of hydrogen-bond donors (Lipinski definition) is 1. The molecule has 2 rings (SSSR count). The first-order chi connectivity index (χ1) is 9.42. The Bertz CT molecular complexity index is 551. The smallest absolute Gasteiger partial charge is 0.406 e. The number of aryl methyl sites for hydroxylation is 1. The zero-order valence-corrected chi connectivity index (χ0v) is 11.5. The number of benzene rings is 1. The van der Waals surface area contributed by atoms with Gasteiger partial charge in [0.25, 0.3) is 0 Å². The molecule has 0 unspecified atom stereocenters. The highest BCUT2D eigenvalue weighted by Gasteiger charge is 2.30. The zero-order chi connectivity index (χ0) is 14.6. The molecule has 0 bridgehead atoms. The molecule has 0 saturated heterocycles. The van der Waals surface area contributed by atoms with Gasteiger partial charge in [-0.3, -0.25) is 0 Å². The van der Waals surface area contributed by atoms with Crippen molar-refractivity contribution in [2.75, 3.05) is 0 Å². The van der Waals surface area contributed by atoms with Gasteiger partial charge in [-0.1, -0.05) is 12.1 Å². The normalized spacial score (nSPS) is 11.6. The van der Waals surface area contributed by atoms with Crippen LogP contribution in [0.15, 0.2) is 30.5 Å². The van der Waals surface area contributed by atoms with Gasteiger partial charge >= 0.3 is 6.36 Å². The summed E-state index contributed by atoms with van der Waals surface area (Å²) in [5, 5.41) is 4.17. The molecule has 0 aliphatic carbocycles. The molecule has 0 saturated carbocycles. The van der Waals surface area contributed by atoms with E-state index in [1.54, 1.807) is 23.5 Å². The summed E-state index contributed by atoms with van der Waals surface area (Å²) < 4.78 is 39.8. The Morgan fingerprint density at radius 3 is 2.45 bits per heavy atom. The van der Waals surface area contributed by atoms with Crippen molar-refractivity contribution < 1.29 is 17.9 Å². The highest BCUT2D eigenvalue weighted by atomic mass is 32.1. The lowest BCUT2D eigenvalue weighted by Gasteiger charge is -2.09. The van der Waals surface area contributed by atoms with Crippen molar-refractivity contribution in [1.82, 2.24) is 10.3 Å². The highest BCUT2D eigenvalue weighted by molar-refractivity contribution is 7.11. The molecule has 0 fully saturated rings. The standard InChI is InChI=1S/C13H13F3N2OS/c1-9-6-18-12(20-9)8-17-7-10-2-4-11(5-3-10)19-13(14,15)16/h2-6,17H,7-8H2,1H3. The molecular formula is C13H13F3N2OS. The van der Waals surface area contributed by atoms with Gasteiger partial charge in [0.1, 0.15) is 10.8 Å². The van der Waals surface area contributed by atoms with E-state index in [0.717, 1.165) is 15.4 Å². The van der Waals surface area contributed by atoms with Gasteiger partial charge in [-0.15, -0.1) is 24.5 Å². The topological polar surface area (TPSA) is 34.2 Å². The predicted molar refractivity (Wildman–Crippen MR) is 70.5 cm³/mol. The van der Waals surface area contributed by atoms with Gasteiger partial charge in [0, 0.05) is 24.2 Å². The second kappa shape index (κ2) is 6.23. The van der Waals surface area contributed by atoms with E-state index >= 15 is 0 Å². The third-order valence-electron chi connectivity index (χ3n) is 2.43. The van der Waals surface area contributed by atoms with Crippen LogP contribution in [0.4, 0.5) is 13.2 Å². The van der Waals surface area contributed by atoms with Crippen molar-refractivity contribution in [2.45, 2.75) is 26.4 Å². The molecule has 1 heterocycles. The van der Waals surface area contributed by atoms with Gasteiger partial charge in [-0.2, -0.15) is 0 Å². The Morgan fingerprint density at radius 2 is 1.90 bits per heavy atom. The van der Waals surface area contributed by atoms with E-state index in [4.69, 9.17) is 0 Å². The first-order valence-corrected chi connectivity index (χ1v) is 6.71. The molecule has 0 aliphatic rings. The summed E-state index contributed by atoms with van der Waals surface area (Å²) >= 11 is 1.61. The number of rotatable bonds is 5. The highest BCUT2D eigenvalue weighted by Crippen LogP contribution is 2.22.